The van der Waals surface area contributed by atoms with E-state index in [9.17, 15) is 5.11 Å². The monoisotopic (exact) mass is 229 g/mol. The van der Waals surface area contributed by atoms with Crippen LogP contribution in [0.1, 0.15) is 28.4 Å². The number of pyridine rings is 2. The zero-order chi connectivity index (χ0) is 12.4. The highest BCUT2D eigenvalue weighted by molar-refractivity contribution is 5.49. The van der Waals surface area contributed by atoms with Crippen molar-refractivity contribution in [3.05, 3.63) is 53.0 Å². The van der Waals surface area contributed by atoms with Crippen LogP contribution in [0, 0.1) is 13.8 Å². The van der Waals surface area contributed by atoms with Crippen molar-refractivity contribution >= 4 is 5.82 Å². The summed E-state index contributed by atoms with van der Waals surface area (Å²) in [6.07, 6.45) is 4.26. The lowest BCUT2D eigenvalue weighted by Gasteiger charge is -2.17. The first kappa shape index (κ1) is 11.5. The van der Waals surface area contributed by atoms with Crippen molar-refractivity contribution in [2.45, 2.75) is 20.0 Å². The number of aliphatic hydroxyl groups excluding tert-OH is 1. The summed E-state index contributed by atoms with van der Waals surface area (Å²) >= 11 is 0. The minimum absolute atomic E-state index is 0.369. The second-order valence-corrected chi connectivity index (χ2v) is 4.06. The summed E-state index contributed by atoms with van der Waals surface area (Å²) in [5.74, 6) is 0.369. The van der Waals surface area contributed by atoms with Gasteiger partial charge >= 0.3 is 0 Å². The number of nitrogens with two attached hydrogens (primary N) is 1. The van der Waals surface area contributed by atoms with Gasteiger partial charge < -0.3 is 10.8 Å². The van der Waals surface area contributed by atoms with E-state index in [2.05, 4.69) is 9.97 Å². The quantitative estimate of drug-likeness (QED) is 0.823. The molecule has 88 valence electrons. The van der Waals surface area contributed by atoms with Gasteiger partial charge in [-0.05, 0) is 42.7 Å². The molecule has 0 bridgehead atoms. The Kier molecular flexibility index (Phi) is 3.06. The molecule has 4 nitrogen and oxygen atoms in total. The number of anilines is 1. The summed E-state index contributed by atoms with van der Waals surface area (Å²) in [5.41, 5.74) is 9.16. The van der Waals surface area contributed by atoms with Crippen molar-refractivity contribution in [2.24, 2.45) is 0 Å². The number of aliphatic hydroxyl groups is 1. The van der Waals surface area contributed by atoms with Gasteiger partial charge in [-0.25, -0.2) is 4.98 Å². The van der Waals surface area contributed by atoms with Gasteiger partial charge in [0.1, 0.15) is 11.9 Å². The summed E-state index contributed by atoms with van der Waals surface area (Å²) < 4.78 is 0. The van der Waals surface area contributed by atoms with Gasteiger partial charge in [0, 0.05) is 24.2 Å². The Labute approximate surface area is 100 Å². The fourth-order valence-corrected chi connectivity index (χ4v) is 1.89. The average Bonchev–Trinajstić information content (AvgIpc) is 2.29. The predicted molar refractivity (Wildman–Crippen MR) is 66.4 cm³/mol. The fraction of sp³-hybridized carbons (Fsp3) is 0.231. The molecule has 0 aliphatic heterocycles. The summed E-state index contributed by atoms with van der Waals surface area (Å²) in [4.78, 5) is 8.03. The van der Waals surface area contributed by atoms with Crippen molar-refractivity contribution in [3.8, 4) is 0 Å². The highest BCUT2D eigenvalue weighted by Gasteiger charge is 2.18. The third-order valence-corrected chi connectivity index (χ3v) is 2.87. The maximum absolute atomic E-state index is 10.4. The van der Waals surface area contributed by atoms with E-state index in [1.165, 1.54) is 0 Å². The molecule has 0 amide bonds. The Hall–Kier alpha value is -1.94. The van der Waals surface area contributed by atoms with Gasteiger partial charge in [-0.2, -0.15) is 0 Å². The molecule has 0 saturated carbocycles. The maximum atomic E-state index is 10.4. The predicted octanol–water partition coefficient (Wildman–Crippen LogP) is 1.76. The van der Waals surface area contributed by atoms with Crippen molar-refractivity contribution < 1.29 is 5.11 Å². The largest absolute Gasteiger partial charge is 0.383 e. The summed E-state index contributed by atoms with van der Waals surface area (Å²) in [6, 6.07) is 3.64. The molecule has 2 aromatic heterocycles. The third kappa shape index (κ3) is 2.12. The van der Waals surface area contributed by atoms with Crippen molar-refractivity contribution in [2.75, 3.05) is 5.73 Å². The van der Waals surface area contributed by atoms with Crippen LogP contribution in [0.3, 0.4) is 0 Å². The highest BCUT2D eigenvalue weighted by Crippen LogP contribution is 2.29. The molecule has 2 heterocycles. The summed E-state index contributed by atoms with van der Waals surface area (Å²) in [7, 11) is 0. The number of hydrogen-bond donors (Lipinski definition) is 2. The molecule has 4 heteroatoms. The van der Waals surface area contributed by atoms with Crippen LogP contribution in [0.5, 0.6) is 0 Å². The summed E-state index contributed by atoms with van der Waals surface area (Å²) in [6.45, 7) is 3.82. The second kappa shape index (κ2) is 4.51. The summed E-state index contributed by atoms with van der Waals surface area (Å²) in [5, 5.41) is 10.4. The molecule has 0 fully saturated rings. The lowest BCUT2D eigenvalue weighted by atomic mass is 9.96. The molecule has 1 unspecified atom stereocenters. The minimum atomic E-state index is -0.758. The molecular formula is C13H15N3O. The Balaban J connectivity index is 2.51. The molecule has 0 aromatic carbocycles. The first-order chi connectivity index (χ1) is 8.11. The Bertz CT molecular complexity index is 520. The lowest BCUT2D eigenvalue weighted by molar-refractivity contribution is 0.219. The Morgan fingerprint density at radius 1 is 1.18 bits per heavy atom. The smallest absolute Gasteiger partial charge is 0.129 e. The maximum Gasteiger partial charge on any atom is 0.129 e. The van der Waals surface area contributed by atoms with E-state index < -0.39 is 6.10 Å². The second-order valence-electron chi connectivity index (χ2n) is 4.06. The van der Waals surface area contributed by atoms with Crippen LogP contribution in [0.4, 0.5) is 5.82 Å². The number of nitrogen functional groups attached to an aromatic ring is 1. The molecule has 0 spiro atoms. The van der Waals surface area contributed by atoms with Crippen LogP contribution >= 0.6 is 0 Å². The standard InChI is InChI=1S/C13H15N3O/c1-8-3-6-16-13(14)11(8)12(17)10-4-5-15-7-9(10)2/h3-7,12,17H,1-2H3,(H2,14,16). The van der Waals surface area contributed by atoms with E-state index in [1.807, 2.05) is 19.9 Å². The molecule has 0 radical (unpaired) electrons. The molecule has 0 aliphatic carbocycles. The van der Waals surface area contributed by atoms with Gasteiger partial charge in [-0.3, -0.25) is 4.98 Å². The third-order valence-electron chi connectivity index (χ3n) is 2.87. The topological polar surface area (TPSA) is 72.0 Å². The number of aromatic nitrogens is 2. The molecule has 2 aromatic rings. The van der Waals surface area contributed by atoms with E-state index in [0.29, 0.717) is 11.4 Å². The number of rotatable bonds is 2. The number of aryl methyl sites for hydroxylation is 2. The zero-order valence-electron chi connectivity index (χ0n) is 9.88. The lowest BCUT2D eigenvalue weighted by Crippen LogP contribution is -2.09. The van der Waals surface area contributed by atoms with Crippen molar-refractivity contribution in [3.63, 3.8) is 0 Å². The van der Waals surface area contributed by atoms with Gasteiger partial charge in [0.25, 0.3) is 0 Å². The van der Waals surface area contributed by atoms with Crippen LogP contribution in [0.15, 0.2) is 30.7 Å². The van der Waals surface area contributed by atoms with Crippen LogP contribution in [0.25, 0.3) is 0 Å². The first-order valence-corrected chi connectivity index (χ1v) is 5.41. The van der Waals surface area contributed by atoms with E-state index in [0.717, 1.165) is 16.7 Å². The van der Waals surface area contributed by atoms with Crippen LogP contribution < -0.4 is 5.73 Å². The van der Waals surface area contributed by atoms with Crippen LogP contribution in [-0.4, -0.2) is 15.1 Å². The van der Waals surface area contributed by atoms with Gasteiger partial charge in [0.05, 0.1) is 0 Å². The van der Waals surface area contributed by atoms with E-state index in [-0.39, 0.29) is 0 Å². The normalized spacial score (nSPS) is 12.4. The first-order valence-electron chi connectivity index (χ1n) is 5.41. The minimum Gasteiger partial charge on any atom is -0.383 e. The van der Waals surface area contributed by atoms with Gasteiger partial charge in [-0.15, -0.1) is 0 Å². The Morgan fingerprint density at radius 3 is 2.59 bits per heavy atom. The average molecular weight is 229 g/mol. The molecule has 0 saturated heterocycles. The van der Waals surface area contributed by atoms with Crippen molar-refractivity contribution in [1.29, 1.82) is 0 Å². The van der Waals surface area contributed by atoms with Crippen LogP contribution in [-0.2, 0) is 0 Å². The van der Waals surface area contributed by atoms with Crippen molar-refractivity contribution in [1.82, 2.24) is 9.97 Å². The molecule has 2 rings (SSSR count). The molecule has 1 atom stereocenters. The molecule has 3 N–H and O–H groups in total. The van der Waals surface area contributed by atoms with Gasteiger partial charge in [0.15, 0.2) is 0 Å². The number of hydrogen-bond acceptors (Lipinski definition) is 4. The van der Waals surface area contributed by atoms with Gasteiger partial charge in [-0.1, -0.05) is 0 Å². The van der Waals surface area contributed by atoms with E-state index in [1.54, 1.807) is 24.7 Å². The van der Waals surface area contributed by atoms with E-state index >= 15 is 0 Å². The SMILES string of the molecule is Cc1cnccc1C(O)c1c(C)ccnc1N. The Morgan fingerprint density at radius 2 is 1.94 bits per heavy atom. The van der Waals surface area contributed by atoms with E-state index in [4.69, 9.17) is 5.73 Å². The molecule has 0 aliphatic rings. The zero-order valence-corrected chi connectivity index (χ0v) is 9.88. The fourth-order valence-electron chi connectivity index (χ4n) is 1.89. The molecular weight excluding hydrogens is 214 g/mol. The number of nitrogens with zero attached hydrogens (tertiary/aromatic N) is 2. The molecule has 17 heavy (non-hydrogen) atoms. The van der Waals surface area contributed by atoms with Gasteiger partial charge in [0.2, 0.25) is 0 Å². The van der Waals surface area contributed by atoms with Crippen LogP contribution in [0.2, 0.25) is 0 Å². The highest BCUT2D eigenvalue weighted by atomic mass is 16.3.